The minimum atomic E-state index is -0.693. The number of rotatable bonds is 15. The molecule has 8 heteroatoms. The van der Waals surface area contributed by atoms with Crippen LogP contribution in [0.1, 0.15) is 37.7 Å². The highest BCUT2D eigenvalue weighted by molar-refractivity contribution is 8.76. The van der Waals surface area contributed by atoms with E-state index in [1.165, 1.54) is 0 Å². The Kier molecular flexibility index (Phi) is 12.6. The predicted molar refractivity (Wildman–Crippen MR) is 170 cm³/mol. The molecule has 0 spiro atoms. The van der Waals surface area contributed by atoms with Crippen molar-refractivity contribution < 1.29 is 14.3 Å². The molecule has 2 amide bonds. The van der Waals surface area contributed by atoms with Crippen LogP contribution in [0.3, 0.4) is 0 Å². The summed E-state index contributed by atoms with van der Waals surface area (Å²) in [6, 6.07) is 32.5. The second-order valence-electron chi connectivity index (χ2n) is 9.47. The summed E-state index contributed by atoms with van der Waals surface area (Å²) in [5.74, 6) is 0.783. The van der Waals surface area contributed by atoms with Crippen molar-refractivity contribution in [3.05, 3.63) is 115 Å². The second-order valence-corrected chi connectivity index (χ2v) is 11.9. The molecule has 1 atom stereocenters. The van der Waals surface area contributed by atoms with Crippen molar-refractivity contribution in [3.63, 3.8) is 0 Å². The molecule has 0 saturated carbocycles. The van der Waals surface area contributed by atoms with Gasteiger partial charge in [-0.2, -0.15) is 0 Å². The highest BCUT2D eigenvalue weighted by Crippen LogP contribution is 2.30. The third-order valence-corrected chi connectivity index (χ3v) is 8.68. The Morgan fingerprint density at radius 2 is 1.44 bits per heavy atom. The number of ether oxygens (including phenoxy) is 1. The molecule has 0 bridgehead atoms. The Morgan fingerprint density at radius 1 is 0.756 bits per heavy atom. The SMILES string of the molecule is O=C(N[C@@H](CCCCCCSSc1ccccn1)C(=O)Nc1ccc(-c2ccccc2)cc1)OCc1ccccc1. The first-order valence-electron chi connectivity index (χ1n) is 13.8. The van der Waals surface area contributed by atoms with Crippen LogP contribution in [0, 0.1) is 0 Å². The summed E-state index contributed by atoms with van der Waals surface area (Å²) in [5, 5.41) is 6.77. The van der Waals surface area contributed by atoms with Crippen LogP contribution in [0.5, 0.6) is 0 Å². The molecule has 212 valence electrons. The Labute approximate surface area is 250 Å². The van der Waals surface area contributed by atoms with Crippen LogP contribution in [-0.4, -0.2) is 28.8 Å². The fraction of sp³-hybridized carbons (Fsp3) is 0.242. The van der Waals surface area contributed by atoms with Crippen LogP contribution in [0.15, 0.2) is 114 Å². The number of pyridine rings is 1. The van der Waals surface area contributed by atoms with Crippen LogP contribution in [0.4, 0.5) is 10.5 Å². The maximum absolute atomic E-state index is 13.2. The highest BCUT2D eigenvalue weighted by atomic mass is 33.1. The van der Waals surface area contributed by atoms with Gasteiger partial charge in [0, 0.05) is 17.6 Å². The minimum Gasteiger partial charge on any atom is -0.445 e. The zero-order valence-electron chi connectivity index (χ0n) is 22.9. The van der Waals surface area contributed by atoms with Crippen molar-refractivity contribution >= 4 is 39.3 Å². The van der Waals surface area contributed by atoms with Gasteiger partial charge in [-0.1, -0.05) is 109 Å². The molecular formula is C33H35N3O3S2. The molecule has 0 unspecified atom stereocenters. The number of nitrogens with one attached hydrogen (secondary N) is 2. The normalized spacial score (nSPS) is 11.4. The van der Waals surface area contributed by atoms with Gasteiger partial charge < -0.3 is 15.4 Å². The topological polar surface area (TPSA) is 80.3 Å². The number of hydrogen-bond acceptors (Lipinski definition) is 6. The number of alkyl carbamates (subject to hydrolysis) is 1. The van der Waals surface area contributed by atoms with Crippen molar-refractivity contribution in [2.75, 3.05) is 11.1 Å². The van der Waals surface area contributed by atoms with E-state index in [0.29, 0.717) is 12.1 Å². The Balaban J connectivity index is 1.25. The molecule has 2 N–H and O–H groups in total. The molecular weight excluding hydrogens is 551 g/mol. The van der Waals surface area contributed by atoms with Gasteiger partial charge in [0.05, 0.1) is 0 Å². The lowest BCUT2D eigenvalue weighted by molar-refractivity contribution is -0.118. The van der Waals surface area contributed by atoms with E-state index in [9.17, 15) is 9.59 Å². The molecule has 0 aliphatic heterocycles. The first kappa shape index (κ1) is 30.2. The maximum Gasteiger partial charge on any atom is 0.408 e. The predicted octanol–water partition coefficient (Wildman–Crippen LogP) is 8.37. The number of carbonyl (C=O) groups excluding carboxylic acids is 2. The molecule has 0 fully saturated rings. The first-order chi connectivity index (χ1) is 20.2. The molecule has 41 heavy (non-hydrogen) atoms. The quantitative estimate of drug-likeness (QED) is 0.108. The van der Waals surface area contributed by atoms with E-state index in [-0.39, 0.29) is 12.5 Å². The van der Waals surface area contributed by atoms with Gasteiger partial charge in [0.25, 0.3) is 0 Å². The number of amides is 2. The van der Waals surface area contributed by atoms with E-state index >= 15 is 0 Å². The van der Waals surface area contributed by atoms with Crippen LogP contribution < -0.4 is 10.6 Å². The van der Waals surface area contributed by atoms with Crippen molar-refractivity contribution in [3.8, 4) is 11.1 Å². The van der Waals surface area contributed by atoms with Crippen LogP contribution in [0.2, 0.25) is 0 Å². The summed E-state index contributed by atoms with van der Waals surface area (Å²) in [5.41, 5.74) is 3.75. The van der Waals surface area contributed by atoms with Gasteiger partial charge in [-0.05, 0) is 64.6 Å². The number of nitrogens with zero attached hydrogens (tertiary/aromatic N) is 1. The molecule has 0 saturated heterocycles. The van der Waals surface area contributed by atoms with E-state index in [0.717, 1.165) is 53.2 Å². The molecule has 6 nitrogen and oxygen atoms in total. The van der Waals surface area contributed by atoms with Crippen LogP contribution in [0.25, 0.3) is 11.1 Å². The van der Waals surface area contributed by atoms with Gasteiger partial charge in [-0.3, -0.25) is 4.79 Å². The summed E-state index contributed by atoms with van der Waals surface area (Å²) in [4.78, 5) is 30.1. The van der Waals surface area contributed by atoms with E-state index in [2.05, 4.69) is 15.6 Å². The monoisotopic (exact) mass is 585 g/mol. The Hall–Kier alpha value is -3.75. The standard InChI is InChI=1S/C33H35N3O3S2/c37-32(35-29-21-19-28(20-22-29)27-15-7-4-8-16-27)30(36-33(38)39-25-26-13-5-3-6-14-26)17-9-1-2-12-24-40-41-31-18-10-11-23-34-31/h3-8,10-11,13-16,18-23,30H,1-2,9,12,17,24-25H2,(H,35,37)(H,36,38)/t30-/m0/s1. The Bertz CT molecular complexity index is 1320. The average molecular weight is 586 g/mol. The van der Waals surface area contributed by atoms with Crippen LogP contribution >= 0.6 is 21.6 Å². The Morgan fingerprint density at radius 3 is 2.17 bits per heavy atom. The lowest BCUT2D eigenvalue weighted by Crippen LogP contribution is -2.44. The van der Waals surface area contributed by atoms with E-state index in [1.54, 1.807) is 27.8 Å². The summed E-state index contributed by atoms with van der Waals surface area (Å²) in [6.07, 6.45) is 5.68. The molecule has 3 aromatic carbocycles. The summed E-state index contributed by atoms with van der Waals surface area (Å²) in [7, 11) is 3.50. The average Bonchev–Trinajstić information content (AvgIpc) is 3.02. The maximum atomic E-state index is 13.2. The largest absolute Gasteiger partial charge is 0.445 e. The van der Waals surface area contributed by atoms with Gasteiger partial charge in [0.1, 0.15) is 17.7 Å². The molecule has 0 aliphatic carbocycles. The third kappa shape index (κ3) is 11.0. The molecule has 0 aliphatic rings. The number of hydrogen-bond donors (Lipinski definition) is 2. The zero-order chi connectivity index (χ0) is 28.5. The minimum absolute atomic E-state index is 0.149. The number of anilines is 1. The van der Waals surface area contributed by atoms with Gasteiger partial charge >= 0.3 is 6.09 Å². The zero-order valence-corrected chi connectivity index (χ0v) is 24.5. The molecule has 1 aromatic heterocycles. The van der Waals surface area contributed by atoms with E-state index < -0.39 is 12.1 Å². The number of carbonyl (C=O) groups is 2. The van der Waals surface area contributed by atoms with Gasteiger partial charge in [-0.25, -0.2) is 9.78 Å². The highest BCUT2D eigenvalue weighted by Gasteiger charge is 2.21. The van der Waals surface area contributed by atoms with Gasteiger partial charge in [0.15, 0.2) is 0 Å². The number of aromatic nitrogens is 1. The smallest absolute Gasteiger partial charge is 0.408 e. The van der Waals surface area contributed by atoms with E-state index in [1.807, 2.05) is 103 Å². The molecule has 1 heterocycles. The number of benzene rings is 3. The van der Waals surface area contributed by atoms with Crippen molar-refractivity contribution in [1.29, 1.82) is 0 Å². The fourth-order valence-electron chi connectivity index (χ4n) is 4.14. The summed E-state index contributed by atoms with van der Waals surface area (Å²) >= 11 is 0. The summed E-state index contributed by atoms with van der Waals surface area (Å²) in [6.45, 7) is 0.149. The van der Waals surface area contributed by atoms with Gasteiger partial charge in [0.2, 0.25) is 5.91 Å². The molecule has 0 radical (unpaired) electrons. The first-order valence-corrected chi connectivity index (χ1v) is 16.1. The summed E-state index contributed by atoms with van der Waals surface area (Å²) < 4.78 is 5.39. The lowest BCUT2D eigenvalue weighted by Gasteiger charge is -2.19. The lowest BCUT2D eigenvalue weighted by atomic mass is 10.0. The number of unbranched alkanes of at least 4 members (excludes halogenated alkanes) is 3. The second kappa shape index (κ2) is 17.1. The van der Waals surface area contributed by atoms with E-state index in [4.69, 9.17) is 4.74 Å². The molecule has 4 rings (SSSR count). The third-order valence-electron chi connectivity index (χ3n) is 6.33. The van der Waals surface area contributed by atoms with Crippen molar-refractivity contribution in [2.45, 2.75) is 49.8 Å². The van der Waals surface area contributed by atoms with Crippen LogP contribution in [-0.2, 0) is 16.1 Å². The van der Waals surface area contributed by atoms with Crippen molar-refractivity contribution in [1.82, 2.24) is 10.3 Å². The molecule has 4 aromatic rings. The fourth-order valence-corrected chi connectivity index (χ4v) is 6.17. The van der Waals surface area contributed by atoms with Gasteiger partial charge in [-0.15, -0.1) is 0 Å². The van der Waals surface area contributed by atoms with Crippen molar-refractivity contribution in [2.24, 2.45) is 0 Å².